The van der Waals surface area contributed by atoms with Crippen molar-refractivity contribution in [3.63, 3.8) is 0 Å². The zero-order chi connectivity index (χ0) is 10.7. The van der Waals surface area contributed by atoms with Crippen LogP contribution in [0.15, 0.2) is 41.1 Å². The van der Waals surface area contributed by atoms with E-state index in [1.807, 2.05) is 19.1 Å². The molecule has 1 aromatic heterocycles. The van der Waals surface area contributed by atoms with Gasteiger partial charge in [-0.25, -0.2) is 0 Å². The van der Waals surface area contributed by atoms with Gasteiger partial charge in [0.05, 0.1) is 12.0 Å². The molecule has 1 nitrogen and oxygen atoms in total. The van der Waals surface area contributed by atoms with Crippen LogP contribution in [0, 0.1) is 11.3 Å². The van der Waals surface area contributed by atoms with E-state index in [0.29, 0.717) is 0 Å². The summed E-state index contributed by atoms with van der Waals surface area (Å²) in [6.07, 6.45) is 0. The van der Waals surface area contributed by atoms with E-state index >= 15 is 0 Å². The smallest absolute Gasteiger partial charge is 0.0700 e. The molecule has 0 aliphatic heterocycles. The Bertz CT molecular complexity index is 462. The van der Waals surface area contributed by atoms with Crippen molar-refractivity contribution in [3.8, 4) is 17.2 Å². The van der Waals surface area contributed by atoms with E-state index in [9.17, 15) is 0 Å². The first-order valence-electron chi connectivity index (χ1n) is 4.83. The quantitative estimate of drug-likeness (QED) is 0.738. The summed E-state index contributed by atoms with van der Waals surface area (Å²) in [4.78, 5) is 0. The molecule has 0 aliphatic carbocycles. The van der Waals surface area contributed by atoms with E-state index in [2.05, 4.69) is 35.0 Å². The maximum atomic E-state index is 8.79. The maximum Gasteiger partial charge on any atom is 0.0700 e. The van der Waals surface area contributed by atoms with Gasteiger partial charge < -0.3 is 0 Å². The van der Waals surface area contributed by atoms with Gasteiger partial charge in [0.25, 0.3) is 0 Å². The Labute approximate surface area is 93.6 Å². The first-order chi connectivity index (χ1) is 7.31. The lowest BCUT2D eigenvalue weighted by Crippen LogP contribution is -1.88. The number of nitriles is 1. The number of hydrogen-bond donors (Lipinski definition) is 0. The second-order valence-corrected chi connectivity index (χ2v) is 4.26. The van der Waals surface area contributed by atoms with Crippen LogP contribution < -0.4 is 0 Å². The Balaban J connectivity index is 2.30. The van der Waals surface area contributed by atoms with Crippen LogP contribution in [-0.4, -0.2) is 0 Å². The van der Waals surface area contributed by atoms with E-state index in [1.165, 1.54) is 11.1 Å². The molecular weight excluding hydrogens is 202 g/mol. The van der Waals surface area contributed by atoms with Crippen LogP contribution in [0.25, 0.3) is 11.1 Å². The Morgan fingerprint density at radius 3 is 2.40 bits per heavy atom. The summed E-state index contributed by atoms with van der Waals surface area (Å²) >= 11 is 1.70. The average Bonchev–Trinajstić information content (AvgIpc) is 2.82. The molecule has 0 aliphatic rings. The van der Waals surface area contributed by atoms with Crippen LogP contribution in [0.4, 0.5) is 0 Å². The highest BCUT2D eigenvalue weighted by Crippen LogP contribution is 2.24. The summed E-state index contributed by atoms with van der Waals surface area (Å²) in [7, 11) is 0. The highest BCUT2D eigenvalue weighted by atomic mass is 32.1. The fourth-order valence-electron chi connectivity index (χ4n) is 1.47. The third-order valence-corrected chi connectivity index (χ3v) is 3.14. The number of thiophene rings is 1. The third-order valence-electron chi connectivity index (χ3n) is 2.46. The van der Waals surface area contributed by atoms with Crippen LogP contribution >= 0.6 is 11.3 Å². The minimum absolute atomic E-state index is 0.0264. The molecule has 1 heterocycles. The lowest BCUT2D eigenvalue weighted by Gasteiger charge is -2.03. The predicted octanol–water partition coefficient (Wildman–Crippen LogP) is 4.04. The summed E-state index contributed by atoms with van der Waals surface area (Å²) in [6, 6.07) is 12.5. The molecule has 0 saturated carbocycles. The minimum atomic E-state index is -0.0264. The van der Waals surface area contributed by atoms with Crippen LogP contribution in [0.5, 0.6) is 0 Å². The lowest BCUT2D eigenvalue weighted by molar-refractivity contribution is 0.982. The Hall–Kier alpha value is -1.59. The first kappa shape index (κ1) is 9.95. The number of hydrogen-bond acceptors (Lipinski definition) is 2. The van der Waals surface area contributed by atoms with Gasteiger partial charge in [-0.1, -0.05) is 24.3 Å². The fraction of sp³-hybridized carbons (Fsp3) is 0.154. The van der Waals surface area contributed by atoms with E-state index < -0.39 is 0 Å². The summed E-state index contributed by atoms with van der Waals surface area (Å²) in [5, 5.41) is 13.0. The molecule has 2 rings (SSSR count). The van der Waals surface area contributed by atoms with Crippen molar-refractivity contribution in [2.75, 3.05) is 0 Å². The average molecular weight is 213 g/mol. The number of nitrogens with zero attached hydrogens (tertiary/aromatic N) is 1. The molecule has 0 amide bonds. The largest absolute Gasteiger partial charge is 0.198 e. The molecule has 2 aromatic rings. The van der Waals surface area contributed by atoms with E-state index in [0.717, 1.165) is 5.56 Å². The molecule has 0 N–H and O–H groups in total. The van der Waals surface area contributed by atoms with Crippen molar-refractivity contribution in [1.82, 2.24) is 0 Å². The second kappa shape index (κ2) is 4.29. The van der Waals surface area contributed by atoms with Crippen molar-refractivity contribution in [2.45, 2.75) is 12.8 Å². The molecule has 0 saturated heterocycles. The van der Waals surface area contributed by atoms with Gasteiger partial charge in [-0.2, -0.15) is 16.6 Å². The second-order valence-electron chi connectivity index (χ2n) is 3.48. The van der Waals surface area contributed by atoms with Gasteiger partial charge in [0.1, 0.15) is 0 Å². The topological polar surface area (TPSA) is 23.8 Å². The van der Waals surface area contributed by atoms with Gasteiger partial charge in [-0.15, -0.1) is 0 Å². The molecule has 1 unspecified atom stereocenters. The Morgan fingerprint density at radius 1 is 1.13 bits per heavy atom. The monoisotopic (exact) mass is 213 g/mol. The summed E-state index contributed by atoms with van der Waals surface area (Å²) in [6.45, 7) is 1.92. The molecule has 2 heteroatoms. The van der Waals surface area contributed by atoms with Crippen molar-refractivity contribution in [2.24, 2.45) is 0 Å². The molecule has 74 valence electrons. The zero-order valence-electron chi connectivity index (χ0n) is 8.47. The lowest BCUT2D eigenvalue weighted by atomic mass is 10.00. The van der Waals surface area contributed by atoms with Crippen molar-refractivity contribution in [3.05, 3.63) is 46.7 Å². The number of benzene rings is 1. The van der Waals surface area contributed by atoms with Crippen molar-refractivity contribution >= 4 is 11.3 Å². The summed E-state index contributed by atoms with van der Waals surface area (Å²) in [5.74, 6) is -0.0264. The molecule has 0 bridgehead atoms. The van der Waals surface area contributed by atoms with Gasteiger partial charge in [0, 0.05) is 0 Å². The molecule has 15 heavy (non-hydrogen) atoms. The van der Waals surface area contributed by atoms with Crippen molar-refractivity contribution in [1.29, 1.82) is 5.26 Å². The fourth-order valence-corrected chi connectivity index (χ4v) is 2.13. The van der Waals surface area contributed by atoms with Gasteiger partial charge in [-0.05, 0) is 40.4 Å². The summed E-state index contributed by atoms with van der Waals surface area (Å²) < 4.78 is 0. The zero-order valence-corrected chi connectivity index (χ0v) is 9.29. The van der Waals surface area contributed by atoms with Crippen molar-refractivity contribution < 1.29 is 0 Å². The summed E-state index contributed by atoms with van der Waals surface area (Å²) in [5.41, 5.74) is 3.54. The van der Waals surface area contributed by atoms with Gasteiger partial charge in [0.15, 0.2) is 0 Å². The Morgan fingerprint density at radius 2 is 1.87 bits per heavy atom. The molecular formula is C13H11NS. The minimum Gasteiger partial charge on any atom is -0.198 e. The van der Waals surface area contributed by atoms with E-state index in [4.69, 9.17) is 5.26 Å². The SMILES string of the molecule is CC(C#N)c1ccc(-c2ccsc2)cc1. The predicted molar refractivity (Wildman–Crippen MR) is 63.8 cm³/mol. The normalized spacial score (nSPS) is 12.0. The van der Waals surface area contributed by atoms with Gasteiger partial charge >= 0.3 is 0 Å². The molecule has 0 fully saturated rings. The van der Waals surface area contributed by atoms with E-state index in [1.54, 1.807) is 11.3 Å². The number of rotatable bonds is 2. The van der Waals surface area contributed by atoms with E-state index in [-0.39, 0.29) is 5.92 Å². The van der Waals surface area contributed by atoms with Gasteiger partial charge in [0.2, 0.25) is 0 Å². The van der Waals surface area contributed by atoms with Crippen LogP contribution in [0.2, 0.25) is 0 Å². The molecule has 0 radical (unpaired) electrons. The van der Waals surface area contributed by atoms with Crippen LogP contribution in [0.1, 0.15) is 18.4 Å². The molecule has 0 spiro atoms. The standard InChI is InChI=1S/C13H11NS/c1-10(8-14)11-2-4-12(5-3-11)13-6-7-15-9-13/h2-7,9-10H,1H3. The highest BCUT2D eigenvalue weighted by Gasteiger charge is 2.03. The van der Waals surface area contributed by atoms with Crippen LogP contribution in [0.3, 0.4) is 0 Å². The third kappa shape index (κ3) is 2.08. The van der Waals surface area contributed by atoms with Crippen LogP contribution in [-0.2, 0) is 0 Å². The highest BCUT2D eigenvalue weighted by molar-refractivity contribution is 7.08. The Kier molecular flexibility index (Phi) is 2.84. The first-order valence-corrected chi connectivity index (χ1v) is 5.77. The molecule has 1 atom stereocenters. The molecule has 1 aromatic carbocycles. The van der Waals surface area contributed by atoms with Gasteiger partial charge in [-0.3, -0.25) is 0 Å². The maximum absolute atomic E-state index is 8.79.